The Bertz CT molecular complexity index is 323. The molecule has 0 radical (unpaired) electrons. The highest BCUT2D eigenvalue weighted by atomic mass is 16.2. The van der Waals surface area contributed by atoms with E-state index in [9.17, 15) is 4.79 Å². The fraction of sp³-hybridized carbons (Fsp3) is 0.941. The summed E-state index contributed by atoms with van der Waals surface area (Å²) >= 11 is 0. The van der Waals surface area contributed by atoms with Gasteiger partial charge in [-0.3, -0.25) is 9.69 Å². The number of nitrogens with two attached hydrogens (primary N) is 1. The minimum absolute atomic E-state index is 0.146. The Morgan fingerprint density at radius 3 is 2.29 bits per heavy atom. The maximum Gasteiger partial charge on any atom is 0.222 e. The predicted molar refractivity (Wildman–Crippen MR) is 87.1 cm³/mol. The van der Waals surface area contributed by atoms with Crippen molar-refractivity contribution in [3.8, 4) is 0 Å². The van der Waals surface area contributed by atoms with Crippen LogP contribution in [0.25, 0.3) is 0 Å². The van der Waals surface area contributed by atoms with E-state index in [4.69, 9.17) is 5.73 Å². The minimum atomic E-state index is -0.146. The van der Waals surface area contributed by atoms with Crippen LogP contribution < -0.4 is 5.73 Å². The van der Waals surface area contributed by atoms with Crippen molar-refractivity contribution in [3.63, 3.8) is 0 Å². The van der Waals surface area contributed by atoms with Crippen LogP contribution in [0.3, 0.4) is 0 Å². The molecule has 0 aromatic carbocycles. The molecule has 122 valence electrons. The zero-order chi connectivity index (χ0) is 15.3. The maximum atomic E-state index is 12.3. The lowest BCUT2D eigenvalue weighted by Gasteiger charge is -2.38. The molecule has 2 fully saturated rings. The monoisotopic (exact) mass is 295 g/mol. The Morgan fingerprint density at radius 2 is 1.71 bits per heavy atom. The summed E-state index contributed by atoms with van der Waals surface area (Å²) in [7, 11) is 0. The summed E-state index contributed by atoms with van der Waals surface area (Å²) < 4.78 is 0. The SMILES string of the molecule is CC(C)(N)CN1CCN(C(=O)CCC2CCCCC2)CC1. The number of amides is 1. The smallest absolute Gasteiger partial charge is 0.222 e. The van der Waals surface area contributed by atoms with Crippen LogP contribution in [0.5, 0.6) is 0 Å². The quantitative estimate of drug-likeness (QED) is 0.846. The lowest BCUT2D eigenvalue weighted by Crippen LogP contribution is -2.54. The summed E-state index contributed by atoms with van der Waals surface area (Å²) in [6.07, 6.45) is 8.67. The first-order valence-electron chi connectivity index (χ1n) is 8.73. The molecule has 0 unspecified atom stereocenters. The van der Waals surface area contributed by atoms with E-state index in [1.807, 2.05) is 0 Å². The fourth-order valence-electron chi connectivity index (χ4n) is 3.69. The molecule has 1 heterocycles. The summed E-state index contributed by atoms with van der Waals surface area (Å²) in [6, 6.07) is 0. The van der Waals surface area contributed by atoms with E-state index in [2.05, 4.69) is 23.6 Å². The number of piperazine rings is 1. The van der Waals surface area contributed by atoms with E-state index in [0.717, 1.165) is 51.5 Å². The first-order valence-corrected chi connectivity index (χ1v) is 8.73. The lowest BCUT2D eigenvalue weighted by molar-refractivity contribution is -0.133. The molecule has 4 heteroatoms. The molecule has 1 aliphatic heterocycles. The second kappa shape index (κ2) is 7.59. The zero-order valence-electron chi connectivity index (χ0n) is 13.9. The van der Waals surface area contributed by atoms with Crippen molar-refractivity contribution in [1.82, 2.24) is 9.80 Å². The standard InChI is InChI=1S/C17H33N3O/c1-17(2,18)14-19-10-12-20(13-11-19)16(21)9-8-15-6-4-3-5-7-15/h15H,3-14,18H2,1-2H3. The van der Waals surface area contributed by atoms with Crippen molar-refractivity contribution < 1.29 is 4.79 Å². The molecule has 0 aromatic rings. The lowest BCUT2D eigenvalue weighted by atomic mass is 9.86. The molecule has 2 N–H and O–H groups in total. The van der Waals surface area contributed by atoms with E-state index in [1.54, 1.807) is 0 Å². The normalized spacial score (nSPS) is 22.5. The average molecular weight is 295 g/mol. The van der Waals surface area contributed by atoms with Gasteiger partial charge in [0.15, 0.2) is 0 Å². The summed E-state index contributed by atoms with van der Waals surface area (Å²) in [5, 5.41) is 0. The van der Waals surface area contributed by atoms with Crippen LogP contribution >= 0.6 is 0 Å². The second-order valence-corrected chi connectivity index (χ2v) is 7.69. The Kier molecular flexibility index (Phi) is 6.06. The van der Waals surface area contributed by atoms with E-state index in [-0.39, 0.29) is 5.54 Å². The zero-order valence-corrected chi connectivity index (χ0v) is 13.9. The molecule has 4 nitrogen and oxygen atoms in total. The van der Waals surface area contributed by atoms with E-state index >= 15 is 0 Å². The molecule has 1 saturated heterocycles. The number of hydrogen-bond acceptors (Lipinski definition) is 3. The second-order valence-electron chi connectivity index (χ2n) is 7.69. The van der Waals surface area contributed by atoms with Crippen LogP contribution in [0.4, 0.5) is 0 Å². The molecule has 1 aliphatic carbocycles. The van der Waals surface area contributed by atoms with Gasteiger partial charge in [-0.05, 0) is 26.2 Å². The largest absolute Gasteiger partial charge is 0.340 e. The van der Waals surface area contributed by atoms with Crippen molar-refractivity contribution in [2.24, 2.45) is 11.7 Å². The Labute approximate surface area is 130 Å². The molecular weight excluding hydrogens is 262 g/mol. The van der Waals surface area contributed by atoms with Crippen molar-refractivity contribution in [2.75, 3.05) is 32.7 Å². The molecule has 1 amide bonds. The summed E-state index contributed by atoms with van der Waals surface area (Å²) in [5.41, 5.74) is 5.92. The van der Waals surface area contributed by atoms with Gasteiger partial charge in [-0.2, -0.15) is 0 Å². The van der Waals surface area contributed by atoms with Crippen molar-refractivity contribution in [2.45, 2.75) is 64.3 Å². The van der Waals surface area contributed by atoms with Crippen molar-refractivity contribution >= 4 is 5.91 Å². The van der Waals surface area contributed by atoms with Crippen molar-refractivity contribution in [1.29, 1.82) is 0 Å². The van der Waals surface area contributed by atoms with Crippen LogP contribution in [0, 0.1) is 5.92 Å². The molecule has 21 heavy (non-hydrogen) atoms. The minimum Gasteiger partial charge on any atom is -0.340 e. The van der Waals surface area contributed by atoms with Gasteiger partial charge in [0.2, 0.25) is 5.91 Å². The van der Waals surface area contributed by atoms with Gasteiger partial charge in [-0.1, -0.05) is 32.1 Å². The van der Waals surface area contributed by atoms with Gasteiger partial charge in [0.1, 0.15) is 0 Å². The number of rotatable bonds is 5. The van der Waals surface area contributed by atoms with Gasteiger partial charge in [0.05, 0.1) is 0 Å². The number of carbonyl (C=O) groups is 1. The molecule has 0 aromatic heterocycles. The van der Waals surface area contributed by atoms with Gasteiger partial charge < -0.3 is 10.6 Å². The Balaban J connectivity index is 1.65. The topological polar surface area (TPSA) is 49.6 Å². The molecule has 2 aliphatic rings. The van der Waals surface area contributed by atoms with Crippen molar-refractivity contribution in [3.05, 3.63) is 0 Å². The number of nitrogens with zero attached hydrogens (tertiary/aromatic N) is 2. The fourth-order valence-corrected chi connectivity index (χ4v) is 3.69. The first-order chi connectivity index (χ1) is 9.94. The van der Waals surface area contributed by atoms with Crippen LogP contribution in [0.2, 0.25) is 0 Å². The van der Waals surface area contributed by atoms with E-state index < -0.39 is 0 Å². The third-order valence-electron chi connectivity index (χ3n) is 4.85. The highest BCUT2D eigenvalue weighted by Gasteiger charge is 2.24. The Hall–Kier alpha value is -0.610. The maximum absolute atomic E-state index is 12.3. The number of hydrogen-bond donors (Lipinski definition) is 1. The third-order valence-corrected chi connectivity index (χ3v) is 4.85. The summed E-state index contributed by atoms with van der Waals surface area (Å²) in [6.45, 7) is 8.73. The first kappa shape index (κ1) is 16.8. The molecule has 2 rings (SSSR count). The molecule has 0 bridgehead atoms. The van der Waals surface area contributed by atoms with Gasteiger partial charge in [0.25, 0.3) is 0 Å². The molecule has 1 saturated carbocycles. The van der Waals surface area contributed by atoms with E-state index in [1.165, 1.54) is 32.1 Å². The Morgan fingerprint density at radius 1 is 1.10 bits per heavy atom. The van der Waals surface area contributed by atoms with E-state index in [0.29, 0.717) is 5.91 Å². The molecular formula is C17H33N3O. The van der Waals surface area contributed by atoms with Crippen LogP contribution in [0.1, 0.15) is 58.8 Å². The summed E-state index contributed by atoms with van der Waals surface area (Å²) in [4.78, 5) is 16.8. The van der Waals surface area contributed by atoms with Gasteiger partial charge >= 0.3 is 0 Å². The van der Waals surface area contributed by atoms with Crippen LogP contribution in [-0.2, 0) is 4.79 Å². The van der Waals surface area contributed by atoms with Gasteiger partial charge in [-0.25, -0.2) is 0 Å². The summed E-state index contributed by atoms with van der Waals surface area (Å²) in [5.74, 6) is 1.18. The van der Waals surface area contributed by atoms with Crippen LogP contribution in [-0.4, -0.2) is 54.0 Å². The molecule has 0 spiro atoms. The van der Waals surface area contributed by atoms with Crippen LogP contribution in [0.15, 0.2) is 0 Å². The highest BCUT2D eigenvalue weighted by molar-refractivity contribution is 5.76. The predicted octanol–water partition coefficient (Wildman–Crippen LogP) is 2.23. The van der Waals surface area contributed by atoms with Gasteiger partial charge in [-0.15, -0.1) is 0 Å². The molecule has 0 atom stereocenters. The van der Waals surface area contributed by atoms with Gasteiger partial charge in [0, 0.05) is 44.7 Å². The average Bonchev–Trinajstić information content (AvgIpc) is 2.45. The third kappa shape index (κ3) is 5.95. The number of carbonyl (C=O) groups excluding carboxylic acids is 1. The highest BCUT2D eigenvalue weighted by Crippen LogP contribution is 2.27.